The van der Waals surface area contributed by atoms with E-state index in [9.17, 15) is 13.2 Å². The predicted molar refractivity (Wildman–Crippen MR) is 116 cm³/mol. The quantitative estimate of drug-likeness (QED) is 0.592. The molecule has 0 saturated carbocycles. The number of hydrogen-bond donors (Lipinski definition) is 0. The third-order valence-electron chi connectivity index (χ3n) is 5.70. The summed E-state index contributed by atoms with van der Waals surface area (Å²) in [7, 11) is -0.299. The number of nitrogens with zero attached hydrogens (tertiary/aromatic N) is 1. The van der Waals surface area contributed by atoms with Gasteiger partial charge in [0.25, 0.3) is 0 Å². The van der Waals surface area contributed by atoms with Crippen molar-refractivity contribution in [1.82, 2.24) is 4.31 Å². The normalized spacial score (nSPS) is 15.7. The molecule has 0 N–H and O–H groups in total. The van der Waals surface area contributed by atoms with Gasteiger partial charge in [-0.2, -0.15) is 4.31 Å². The number of ketones is 1. The molecule has 0 atom stereocenters. The van der Waals surface area contributed by atoms with Crippen LogP contribution in [0.2, 0.25) is 0 Å². The highest BCUT2D eigenvalue weighted by atomic mass is 32.2. The second-order valence-corrected chi connectivity index (χ2v) is 9.63. The minimum Gasteiger partial charge on any atom is -0.497 e. The number of piperidine rings is 1. The van der Waals surface area contributed by atoms with Crippen molar-refractivity contribution >= 4 is 15.8 Å². The second kappa shape index (κ2) is 9.62. The maximum absolute atomic E-state index is 13.0. The summed E-state index contributed by atoms with van der Waals surface area (Å²) in [4.78, 5) is 11.8. The molecule has 1 saturated heterocycles. The van der Waals surface area contributed by atoms with E-state index in [0.717, 1.165) is 42.7 Å². The zero-order valence-corrected chi connectivity index (χ0v) is 18.6. The van der Waals surface area contributed by atoms with Crippen molar-refractivity contribution in [2.75, 3.05) is 27.3 Å². The summed E-state index contributed by atoms with van der Waals surface area (Å²) >= 11 is 0. The molecule has 0 unspecified atom stereocenters. The molecule has 1 aliphatic heterocycles. The van der Waals surface area contributed by atoms with Gasteiger partial charge in [0.1, 0.15) is 11.5 Å². The minimum absolute atomic E-state index is 0.139. The number of carbonyl (C=O) groups excluding carboxylic acids is 1. The van der Waals surface area contributed by atoms with Crippen molar-refractivity contribution in [2.45, 2.75) is 37.5 Å². The molecule has 30 heavy (non-hydrogen) atoms. The Morgan fingerprint density at radius 2 is 1.67 bits per heavy atom. The summed E-state index contributed by atoms with van der Waals surface area (Å²) < 4.78 is 38.2. The van der Waals surface area contributed by atoms with Gasteiger partial charge in [-0.3, -0.25) is 4.79 Å². The average molecular weight is 432 g/mol. The summed E-state index contributed by atoms with van der Waals surface area (Å²) in [5.74, 6) is 1.88. The van der Waals surface area contributed by atoms with Gasteiger partial charge in [-0.1, -0.05) is 12.1 Å². The lowest BCUT2D eigenvalue weighted by Crippen LogP contribution is -2.38. The third-order valence-corrected chi connectivity index (χ3v) is 7.60. The first-order valence-corrected chi connectivity index (χ1v) is 11.6. The van der Waals surface area contributed by atoms with Crippen molar-refractivity contribution in [3.63, 3.8) is 0 Å². The van der Waals surface area contributed by atoms with Crippen molar-refractivity contribution < 1.29 is 22.7 Å². The van der Waals surface area contributed by atoms with Crippen LogP contribution in [-0.2, 0) is 16.4 Å². The minimum atomic E-state index is -3.58. The fourth-order valence-corrected chi connectivity index (χ4v) is 5.36. The highest BCUT2D eigenvalue weighted by molar-refractivity contribution is 7.89. The smallest absolute Gasteiger partial charge is 0.243 e. The van der Waals surface area contributed by atoms with Gasteiger partial charge in [0.05, 0.1) is 19.1 Å². The second-order valence-electron chi connectivity index (χ2n) is 7.69. The van der Waals surface area contributed by atoms with Crippen LogP contribution in [0.1, 0.15) is 42.1 Å². The highest BCUT2D eigenvalue weighted by Gasteiger charge is 2.29. The first-order chi connectivity index (χ1) is 14.3. The molecule has 0 amide bonds. The Labute approximate surface area is 178 Å². The van der Waals surface area contributed by atoms with Gasteiger partial charge in [-0.25, -0.2) is 8.42 Å². The molecular weight excluding hydrogens is 402 g/mol. The number of benzene rings is 2. The Hall–Kier alpha value is -2.38. The average Bonchev–Trinajstić information content (AvgIpc) is 2.77. The Balaban J connectivity index is 1.59. The Kier molecular flexibility index (Phi) is 7.15. The lowest BCUT2D eigenvalue weighted by atomic mass is 9.91. The standard InChI is InChI=1S/C23H29NO5S/c1-17(25)20-5-4-6-23(15-20)30(26,27)24-11-9-18(10-12-24)7-8-19-13-21(28-2)16-22(14-19)29-3/h4-6,13-16,18H,7-12H2,1-3H3. The molecular formula is C23H29NO5S. The van der Waals surface area contributed by atoms with Crippen LogP contribution in [0.4, 0.5) is 0 Å². The zero-order valence-electron chi connectivity index (χ0n) is 17.8. The van der Waals surface area contributed by atoms with Crippen LogP contribution >= 0.6 is 0 Å². The van der Waals surface area contributed by atoms with Crippen LogP contribution in [0.3, 0.4) is 0 Å². The van der Waals surface area contributed by atoms with E-state index in [-0.39, 0.29) is 10.7 Å². The van der Waals surface area contributed by atoms with Crippen LogP contribution in [-0.4, -0.2) is 45.8 Å². The molecule has 0 spiro atoms. The maximum atomic E-state index is 13.0. The molecule has 2 aromatic rings. The fraction of sp³-hybridized carbons (Fsp3) is 0.435. The number of sulfonamides is 1. The number of methoxy groups -OCH3 is 2. The van der Waals surface area contributed by atoms with Crippen LogP contribution in [0.25, 0.3) is 0 Å². The van der Waals surface area contributed by atoms with Gasteiger partial charge in [-0.05, 0) is 68.4 Å². The van der Waals surface area contributed by atoms with Gasteiger partial charge in [-0.15, -0.1) is 0 Å². The van der Waals surface area contributed by atoms with Crippen LogP contribution in [0.15, 0.2) is 47.4 Å². The Morgan fingerprint density at radius 3 is 2.23 bits per heavy atom. The van der Waals surface area contributed by atoms with Crippen molar-refractivity contribution in [3.8, 4) is 11.5 Å². The lowest BCUT2D eigenvalue weighted by Gasteiger charge is -2.31. The summed E-state index contributed by atoms with van der Waals surface area (Å²) in [5, 5.41) is 0. The van der Waals surface area contributed by atoms with Crippen molar-refractivity contribution in [3.05, 3.63) is 53.6 Å². The van der Waals surface area contributed by atoms with Crippen molar-refractivity contribution in [1.29, 1.82) is 0 Å². The number of hydrogen-bond acceptors (Lipinski definition) is 5. The summed E-state index contributed by atoms with van der Waals surface area (Å²) in [5.41, 5.74) is 1.57. The Bertz CT molecular complexity index is 972. The summed E-state index contributed by atoms with van der Waals surface area (Å²) in [6.45, 7) is 2.44. The molecule has 0 aliphatic carbocycles. The van der Waals surface area contributed by atoms with Gasteiger partial charge < -0.3 is 9.47 Å². The molecule has 3 rings (SSSR count). The third kappa shape index (κ3) is 5.21. The monoisotopic (exact) mass is 431 g/mol. The molecule has 1 heterocycles. The molecule has 7 heteroatoms. The van der Waals surface area contributed by atoms with E-state index in [1.165, 1.54) is 17.3 Å². The molecule has 1 fully saturated rings. The molecule has 162 valence electrons. The molecule has 0 bridgehead atoms. The van der Waals surface area contributed by atoms with E-state index in [4.69, 9.17) is 9.47 Å². The Morgan fingerprint density at radius 1 is 1.03 bits per heavy atom. The highest BCUT2D eigenvalue weighted by Crippen LogP contribution is 2.29. The van der Waals surface area contributed by atoms with E-state index in [0.29, 0.717) is 24.6 Å². The van der Waals surface area contributed by atoms with Crippen LogP contribution < -0.4 is 9.47 Å². The first kappa shape index (κ1) is 22.3. The van der Waals surface area contributed by atoms with Crippen LogP contribution in [0, 0.1) is 5.92 Å². The SMILES string of the molecule is COc1cc(CCC2CCN(S(=O)(=O)c3cccc(C(C)=O)c3)CC2)cc(OC)c1. The van der Waals surface area contributed by atoms with Crippen molar-refractivity contribution in [2.24, 2.45) is 5.92 Å². The van der Waals surface area contributed by atoms with E-state index in [1.807, 2.05) is 18.2 Å². The predicted octanol–water partition coefficient (Wildman–Crippen LogP) is 3.94. The van der Waals surface area contributed by atoms with Gasteiger partial charge in [0.15, 0.2) is 5.78 Å². The largest absolute Gasteiger partial charge is 0.497 e. The topological polar surface area (TPSA) is 72.9 Å². The lowest BCUT2D eigenvalue weighted by molar-refractivity contribution is 0.101. The molecule has 2 aromatic carbocycles. The van der Waals surface area contributed by atoms with E-state index in [1.54, 1.807) is 32.4 Å². The van der Waals surface area contributed by atoms with E-state index < -0.39 is 10.0 Å². The van der Waals surface area contributed by atoms with E-state index in [2.05, 4.69) is 0 Å². The maximum Gasteiger partial charge on any atom is 0.243 e. The van der Waals surface area contributed by atoms with Crippen LogP contribution in [0.5, 0.6) is 11.5 Å². The number of rotatable bonds is 8. The number of Topliss-reactive ketones (excluding diaryl/α,β-unsaturated/α-hetero) is 1. The summed E-state index contributed by atoms with van der Waals surface area (Å²) in [6, 6.07) is 12.2. The number of aryl methyl sites for hydroxylation is 1. The van der Waals surface area contributed by atoms with Gasteiger partial charge in [0.2, 0.25) is 10.0 Å². The van der Waals surface area contributed by atoms with Gasteiger partial charge >= 0.3 is 0 Å². The fourth-order valence-electron chi connectivity index (χ4n) is 3.84. The molecule has 1 aliphatic rings. The molecule has 0 aromatic heterocycles. The molecule has 0 radical (unpaired) electrons. The number of carbonyl (C=O) groups is 1. The number of ether oxygens (including phenoxy) is 2. The van der Waals surface area contributed by atoms with E-state index >= 15 is 0 Å². The zero-order chi connectivity index (χ0) is 21.7. The van der Waals surface area contributed by atoms with Gasteiger partial charge in [0, 0.05) is 24.7 Å². The first-order valence-electron chi connectivity index (χ1n) is 10.2. The summed E-state index contributed by atoms with van der Waals surface area (Å²) in [6.07, 6.45) is 3.54. The molecule has 6 nitrogen and oxygen atoms in total.